The maximum absolute atomic E-state index is 9.73. The second-order valence-corrected chi connectivity index (χ2v) is 5.67. The summed E-state index contributed by atoms with van der Waals surface area (Å²) in [4.78, 5) is 4.97. The van der Waals surface area contributed by atoms with Gasteiger partial charge in [0.15, 0.2) is 0 Å². The molecule has 0 aromatic heterocycles. The quantitative estimate of drug-likeness (QED) is 0.769. The molecular weight excluding hydrogens is 200 g/mol. The van der Waals surface area contributed by atoms with E-state index in [9.17, 15) is 5.11 Å². The maximum Gasteiger partial charge on any atom is 0.0555 e. The van der Waals surface area contributed by atoms with Crippen LogP contribution in [0.3, 0.4) is 0 Å². The minimum atomic E-state index is -0.0486. The van der Waals surface area contributed by atoms with Gasteiger partial charge in [-0.05, 0) is 65.7 Å². The van der Waals surface area contributed by atoms with Crippen LogP contribution in [0.1, 0.15) is 38.5 Å². The molecule has 0 radical (unpaired) electrons. The van der Waals surface area contributed by atoms with E-state index in [1.165, 1.54) is 38.8 Å². The van der Waals surface area contributed by atoms with E-state index in [0.717, 1.165) is 18.9 Å². The van der Waals surface area contributed by atoms with E-state index in [2.05, 4.69) is 23.9 Å². The minimum Gasteiger partial charge on any atom is -0.393 e. The lowest BCUT2D eigenvalue weighted by molar-refractivity contribution is 0.0383. The molecule has 94 valence electrons. The molecule has 1 heterocycles. The highest BCUT2D eigenvalue weighted by Crippen LogP contribution is 2.26. The van der Waals surface area contributed by atoms with Gasteiger partial charge >= 0.3 is 0 Å². The van der Waals surface area contributed by atoms with Gasteiger partial charge in [-0.3, -0.25) is 0 Å². The van der Waals surface area contributed by atoms with Crippen molar-refractivity contribution >= 4 is 0 Å². The monoisotopic (exact) mass is 226 g/mol. The van der Waals surface area contributed by atoms with Crippen molar-refractivity contribution in [2.24, 2.45) is 0 Å². The van der Waals surface area contributed by atoms with E-state index in [-0.39, 0.29) is 6.10 Å². The number of nitrogens with zero attached hydrogens (tertiary/aromatic N) is 2. The minimum absolute atomic E-state index is 0.0486. The van der Waals surface area contributed by atoms with Crippen molar-refractivity contribution in [3.63, 3.8) is 0 Å². The average molecular weight is 226 g/mol. The van der Waals surface area contributed by atoms with Crippen molar-refractivity contribution < 1.29 is 5.11 Å². The molecule has 3 nitrogen and oxygen atoms in total. The Kier molecular flexibility index (Phi) is 4.22. The Hall–Kier alpha value is -0.120. The first kappa shape index (κ1) is 12.3. The SMILES string of the molecule is CN1CCC(N(C)C2CCCC(O)C2)CC1. The molecule has 1 N–H and O–H groups in total. The van der Waals surface area contributed by atoms with Crippen LogP contribution in [0, 0.1) is 0 Å². The molecule has 1 aliphatic carbocycles. The molecule has 1 saturated heterocycles. The zero-order chi connectivity index (χ0) is 11.5. The van der Waals surface area contributed by atoms with Crippen LogP contribution in [0.15, 0.2) is 0 Å². The highest BCUT2D eigenvalue weighted by atomic mass is 16.3. The average Bonchev–Trinajstić information content (AvgIpc) is 2.29. The summed E-state index contributed by atoms with van der Waals surface area (Å²) in [6.45, 7) is 2.45. The molecule has 2 aliphatic rings. The Balaban J connectivity index is 1.84. The van der Waals surface area contributed by atoms with Crippen LogP contribution in [-0.4, -0.2) is 60.3 Å². The number of hydrogen-bond acceptors (Lipinski definition) is 3. The van der Waals surface area contributed by atoms with Crippen molar-refractivity contribution in [1.82, 2.24) is 9.80 Å². The normalized spacial score (nSPS) is 34.5. The molecule has 0 spiro atoms. The fourth-order valence-corrected chi connectivity index (χ4v) is 3.21. The van der Waals surface area contributed by atoms with Crippen molar-refractivity contribution in [1.29, 1.82) is 0 Å². The van der Waals surface area contributed by atoms with Crippen LogP contribution in [0.5, 0.6) is 0 Å². The van der Waals surface area contributed by atoms with Gasteiger partial charge in [-0.2, -0.15) is 0 Å². The summed E-state index contributed by atoms with van der Waals surface area (Å²) in [6.07, 6.45) is 7.01. The zero-order valence-corrected chi connectivity index (χ0v) is 10.7. The fourth-order valence-electron chi connectivity index (χ4n) is 3.21. The first-order valence-electron chi connectivity index (χ1n) is 6.75. The zero-order valence-electron chi connectivity index (χ0n) is 10.7. The van der Waals surface area contributed by atoms with Crippen LogP contribution < -0.4 is 0 Å². The number of likely N-dealkylation sites (tertiary alicyclic amines) is 1. The standard InChI is InChI=1S/C13H26N2O/c1-14-8-6-11(7-9-14)15(2)12-4-3-5-13(16)10-12/h11-13,16H,3-10H2,1-2H3. The topological polar surface area (TPSA) is 26.7 Å². The van der Waals surface area contributed by atoms with Crippen LogP contribution in [-0.2, 0) is 0 Å². The van der Waals surface area contributed by atoms with Gasteiger partial charge < -0.3 is 14.9 Å². The predicted octanol–water partition coefficient (Wildman–Crippen LogP) is 1.32. The Morgan fingerprint density at radius 3 is 2.38 bits per heavy atom. The molecule has 0 bridgehead atoms. The van der Waals surface area contributed by atoms with Gasteiger partial charge in [0.2, 0.25) is 0 Å². The molecule has 2 rings (SSSR count). The number of rotatable bonds is 2. The molecule has 0 aromatic rings. The van der Waals surface area contributed by atoms with E-state index in [1.807, 2.05) is 0 Å². The van der Waals surface area contributed by atoms with Crippen LogP contribution in [0.2, 0.25) is 0 Å². The van der Waals surface area contributed by atoms with E-state index in [0.29, 0.717) is 6.04 Å². The molecule has 16 heavy (non-hydrogen) atoms. The van der Waals surface area contributed by atoms with Crippen LogP contribution in [0.4, 0.5) is 0 Å². The van der Waals surface area contributed by atoms with E-state index in [1.54, 1.807) is 0 Å². The van der Waals surface area contributed by atoms with E-state index in [4.69, 9.17) is 0 Å². The summed E-state index contributed by atoms with van der Waals surface area (Å²) in [6, 6.07) is 1.36. The Morgan fingerprint density at radius 1 is 1.06 bits per heavy atom. The third kappa shape index (κ3) is 2.96. The Labute approximate surface area is 99.4 Å². The van der Waals surface area contributed by atoms with Crippen molar-refractivity contribution in [2.75, 3.05) is 27.2 Å². The molecule has 1 saturated carbocycles. The summed E-state index contributed by atoms with van der Waals surface area (Å²) in [5.41, 5.74) is 0. The lowest BCUT2D eigenvalue weighted by Gasteiger charge is -2.41. The van der Waals surface area contributed by atoms with Crippen LogP contribution in [0.25, 0.3) is 0 Å². The summed E-state index contributed by atoms with van der Waals surface area (Å²) in [5, 5.41) is 9.73. The van der Waals surface area contributed by atoms with Gasteiger partial charge in [0.05, 0.1) is 6.10 Å². The smallest absolute Gasteiger partial charge is 0.0555 e. The highest BCUT2D eigenvalue weighted by Gasteiger charge is 2.29. The molecule has 3 heteroatoms. The van der Waals surface area contributed by atoms with Gasteiger partial charge in [-0.15, -0.1) is 0 Å². The third-order valence-electron chi connectivity index (χ3n) is 4.46. The number of aliphatic hydroxyl groups is 1. The summed E-state index contributed by atoms with van der Waals surface area (Å²) < 4.78 is 0. The number of piperidine rings is 1. The lowest BCUT2D eigenvalue weighted by Crippen LogP contribution is -2.48. The molecule has 0 aromatic carbocycles. The number of aliphatic hydroxyl groups excluding tert-OH is 1. The van der Waals surface area contributed by atoms with Crippen molar-refractivity contribution in [3.8, 4) is 0 Å². The van der Waals surface area contributed by atoms with E-state index < -0.39 is 0 Å². The second-order valence-electron chi connectivity index (χ2n) is 5.67. The Bertz CT molecular complexity index is 214. The molecular formula is C13H26N2O. The third-order valence-corrected chi connectivity index (χ3v) is 4.46. The van der Waals surface area contributed by atoms with E-state index >= 15 is 0 Å². The van der Waals surface area contributed by atoms with Gasteiger partial charge in [-0.25, -0.2) is 0 Å². The largest absolute Gasteiger partial charge is 0.393 e. The number of hydrogen-bond donors (Lipinski definition) is 1. The molecule has 2 fully saturated rings. The maximum atomic E-state index is 9.73. The summed E-state index contributed by atoms with van der Waals surface area (Å²) in [5.74, 6) is 0. The molecule has 0 amide bonds. The predicted molar refractivity (Wildman–Crippen MR) is 66.5 cm³/mol. The second kappa shape index (κ2) is 5.48. The summed E-state index contributed by atoms with van der Waals surface area (Å²) in [7, 11) is 4.47. The van der Waals surface area contributed by atoms with Gasteiger partial charge in [0.1, 0.15) is 0 Å². The van der Waals surface area contributed by atoms with Gasteiger partial charge in [-0.1, -0.05) is 0 Å². The van der Waals surface area contributed by atoms with Gasteiger partial charge in [0, 0.05) is 12.1 Å². The van der Waals surface area contributed by atoms with Crippen molar-refractivity contribution in [3.05, 3.63) is 0 Å². The molecule has 2 unspecified atom stereocenters. The first-order chi connectivity index (χ1) is 7.66. The lowest BCUT2D eigenvalue weighted by atomic mass is 9.90. The first-order valence-corrected chi connectivity index (χ1v) is 6.75. The van der Waals surface area contributed by atoms with Gasteiger partial charge in [0.25, 0.3) is 0 Å². The molecule has 1 aliphatic heterocycles. The summed E-state index contributed by atoms with van der Waals surface area (Å²) >= 11 is 0. The van der Waals surface area contributed by atoms with Crippen molar-refractivity contribution in [2.45, 2.75) is 56.7 Å². The highest BCUT2D eigenvalue weighted by molar-refractivity contribution is 4.85. The molecule has 2 atom stereocenters. The fraction of sp³-hybridized carbons (Fsp3) is 1.00. The van der Waals surface area contributed by atoms with Crippen LogP contribution >= 0.6 is 0 Å². The Morgan fingerprint density at radius 2 is 1.75 bits per heavy atom.